The lowest BCUT2D eigenvalue weighted by Gasteiger charge is -2.38. The molecule has 1 aliphatic carbocycles. The van der Waals surface area contributed by atoms with Gasteiger partial charge in [-0.25, -0.2) is 4.68 Å². The second-order valence-electron chi connectivity index (χ2n) is 5.92. The molecule has 1 aromatic carbocycles. The number of aromatic nitrogens is 2. The van der Waals surface area contributed by atoms with E-state index in [4.69, 9.17) is 5.73 Å². The summed E-state index contributed by atoms with van der Waals surface area (Å²) >= 11 is 0. The van der Waals surface area contributed by atoms with E-state index in [1.807, 2.05) is 35.0 Å². The molecule has 0 fully saturated rings. The molecule has 1 unspecified atom stereocenters. The molecular formula is C15H19N3O. The third-order valence-corrected chi connectivity index (χ3v) is 4.05. The molecule has 0 spiro atoms. The van der Waals surface area contributed by atoms with Crippen molar-refractivity contribution in [1.82, 2.24) is 9.78 Å². The average molecular weight is 257 g/mol. The van der Waals surface area contributed by atoms with Gasteiger partial charge in [0.05, 0.1) is 29.7 Å². The fraction of sp³-hybridized carbons (Fsp3) is 0.400. The van der Waals surface area contributed by atoms with Crippen LogP contribution in [0, 0.1) is 5.41 Å². The van der Waals surface area contributed by atoms with Gasteiger partial charge in [-0.1, -0.05) is 32.0 Å². The third kappa shape index (κ3) is 1.88. The van der Waals surface area contributed by atoms with E-state index in [1.165, 1.54) is 0 Å². The Morgan fingerprint density at radius 1 is 1.32 bits per heavy atom. The summed E-state index contributed by atoms with van der Waals surface area (Å²) in [4.78, 5) is 0. The number of rotatable bonds is 1. The maximum absolute atomic E-state index is 10.3. The highest BCUT2D eigenvalue weighted by atomic mass is 16.3. The Kier molecular flexibility index (Phi) is 2.73. The maximum Gasteiger partial charge on any atom is 0.0829 e. The number of aliphatic hydroxyl groups is 1. The van der Waals surface area contributed by atoms with Gasteiger partial charge in [0.2, 0.25) is 0 Å². The minimum atomic E-state index is -0.484. The Hall–Kier alpha value is -1.65. The van der Waals surface area contributed by atoms with Crippen molar-refractivity contribution in [2.75, 3.05) is 0 Å². The molecule has 2 atom stereocenters. The molecular weight excluding hydrogens is 238 g/mol. The molecule has 0 radical (unpaired) electrons. The van der Waals surface area contributed by atoms with E-state index in [9.17, 15) is 5.11 Å². The van der Waals surface area contributed by atoms with Crippen LogP contribution in [0.25, 0.3) is 5.69 Å². The molecule has 3 rings (SSSR count). The molecule has 19 heavy (non-hydrogen) atoms. The number of benzene rings is 1. The van der Waals surface area contributed by atoms with Crippen LogP contribution in [0.2, 0.25) is 0 Å². The van der Waals surface area contributed by atoms with E-state index in [0.29, 0.717) is 6.42 Å². The van der Waals surface area contributed by atoms with E-state index in [-0.39, 0.29) is 11.5 Å². The summed E-state index contributed by atoms with van der Waals surface area (Å²) in [6.07, 6.45) is 1.92. The zero-order valence-corrected chi connectivity index (χ0v) is 11.2. The molecule has 0 amide bonds. The van der Waals surface area contributed by atoms with Crippen molar-refractivity contribution in [3.8, 4) is 5.69 Å². The topological polar surface area (TPSA) is 64.1 Å². The summed E-state index contributed by atoms with van der Waals surface area (Å²) in [5.74, 6) is 0. The van der Waals surface area contributed by atoms with Crippen LogP contribution in [-0.4, -0.2) is 14.9 Å². The normalized spacial score (nSPS) is 25.1. The molecule has 2 aromatic rings. The highest BCUT2D eigenvalue weighted by Gasteiger charge is 2.40. The number of fused-ring (bicyclic) bond motifs is 1. The zero-order chi connectivity index (χ0) is 13.6. The molecule has 100 valence electrons. The Labute approximate surface area is 112 Å². The van der Waals surface area contributed by atoms with Crippen LogP contribution in [-0.2, 0) is 0 Å². The Morgan fingerprint density at radius 2 is 2.00 bits per heavy atom. The van der Waals surface area contributed by atoms with E-state index in [0.717, 1.165) is 16.9 Å². The number of para-hydroxylation sites is 1. The molecule has 1 aromatic heterocycles. The van der Waals surface area contributed by atoms with Gasteiger partial charge in [-0.3, -0.25) is 0 Å². The monoisotopic (exact) mass is 257 g/mol. The smallest absolute Gasteiger partial charge is 0.0829 e. The first-order valence-corrected chi connectivity index (χ1v) is 6.57. The minimum Gasteiger partial charge on any atom is -0.388 e. The third-order valence-electron chi connectivity index (χ3n) is 4.05. The van der Waals surface area contributed by atoms with Crippen molar-refractivity contribution < 1.29 is 5.11 Å². The van der Waals surface area contributed by atoms with Crippen molar-refractivity contribution in [2.45, 2.75) is 32.4 Å². The molecule has 3 N–H and O–H groups in total. The summed E-state index contributed by atoms with van der Waals surface area (Å²) in [5, 5.41) is 14.7. The van der Waals surface area contributed by atoms with Crippen molar-refractivity contribution in [1.29, 1.82) is 0 Å². The molecule has 0 bridgehead atoms. The quantitative estimate of drug-likeness (QED) is 0.824. The number of nitrogens with two attached hydrogens (primary N) is 1. The molecule has 0 saturated carbocycles. The fourth-order valence-electron chi connectivity index (χ4n) is 2.82. The summed E-state index contributed by atoms with van der Waals surface area (Å²) in [6, 6.07) is 9.77. The molecule has 0 aliphatic heterocycles. The second-order valence-corrected chi connectivity index (χ2v) is 5.92. The molecule has 4 heteroatoms. The van der Waals surface area contributed by atoms with E-state index in [2.05, 4.69) is 18.9 Å². The van der Waals surface area contributed by atoms with Crippen LogP contribution in [0.4, 0.5) is 0 Å². The fourth-order valence-corrected chi connectivity index (χ4v) is 2.82. The lowest BCUT2D eigenvalue weighted by atomic mass is 9.72. The van der Waals surface area contributed by atoms with E-state index < -0.39 is 6.10 Å². The van der Waals surface area contributed by atoms with E-state index in [1.54, 1.807) is 6.20 Å². The largest absolute Gasteiger partial charge is 0.388 e. The van der Waals surface area contributed by atoms with E-state index >= 15 is 0 Å². The van der Waals surface area contributed by atoms with Crippen molar-refractivity contribution in [2.24, 2.45) is 11.1 Å². The standard InChI is InChI=1S/C15H19N3O/c1-15(2)8-12(19)11-9-17-18(13(11)14(15)16)10-6-4-3-5-7-10/h3-7,9,12,14,19H,8,16H2,1-2H3/t12?,14-/m1/s1. The first-order chi connectivity index (χ1) is 9.00. The number of hydrogen-bond acceptors (Lipinski definition) is 3. The lowest BCUT2D eigenvalue weighted by molar-refractivity contribution is 0.0803. The molecule has 1 heterocycles. The van der Waals surface area contributed by atoms with Gasteiger partial charge < -0.3 is 10.8 Å². The van der Waals surface area contributed by atoms with Gasteiger partial charge in [0.15, 0.2) is 0 Å². The average Bonchev–Trinajstić information content (AvgIpc) is 2.82. The summed E-state index contributed by atoms with van der Waals surface area (Å²) in [6.45, 7) is 4.18. The molecule has 1 aliphatic rings. The van der Waals surface area contributed by atoms with Crippen molar-refractivity contribution in [3.63, 3.8) is 0 Å². The first-order valence-electron chi connectivity index (χ1n) is 6.57. The van der Waals surface area contributed by atoms with Crippen LogP contribution >= 0.6 is 0 Å². The number of aliphatic hydroxyl groups excluding tert-OH is 1. The Balaban J connectivity index is 2.17. The summed E-state index contributed by atoms with van der Waals surface area (Å²) < 4.78 is 1.85. The van der Waals surface area contributed by atoms with Gasteiger partial charge in [-0.15, -0.1) is 0 Å². The minimum absolute atomic E-state index is 0.131. The van der Waals surface area contributed by atoms with Crippen LogP contribution < -0.4 is 5.73 Å². The van der Waals surface area contributed by atoms with Gasteiger partial charge in [0.1, 0.15) is 0 Å². The van der Waals surface area contributed by atoms with Crippen LogP contribution in [0.3, 0.4) is 0 Å². The van der Waals surface area contributed by atoms with Crippen LogP contribution in [0.1, 0.15) is 43.7 Å². The number of hydrogen-bond donors (Lipinski definition) is 2. The Morgan fingerprint density at radius 3 is 2.68 bits per heavy atom. The van der Waals surface area contributed by atoms with Crippen LogP contribution in [0.15, 0.2) is 36.5 Å². The lowest BCUT2D eigenvalue weighted by Crippen LogP contribution is -2.37. The predicted octanol–water partition coefficient (Wildman–Crippen LogP) is 2.34. The van der Waals surface area contributed by atoms with Gasteiger partial charge in [0.25, 0.3) is 0 Å². The highest BCUT2D eigenvalue weighted by molar-refractivity contribution is 5.39. The number of nitrogens with zero attached hydrogens (tertiary/aromatic N) is 2. The molecule has 4 nitrogen and oxygen atoms in total. The summed E-state index contributed by atoms with van der Waals surface area (Å²) in [5.41, 5.74) is 9.02. The van der Waals surface area contributed by atoms with Gasteiger partial charge in [-0.05, 0) is 24.0 Å². The second kappa shape index (κ2) is 4.18. The van der Waals surface area contributed by atoms with Gasteiger partial charge >= 0.3 is 0 Å². The van der Waals surface area contributed by atoms with Gasteiger partial charge in [-0.2, -0.15) is 5.10 Å². The predicted molar refractivity (Wildman–Crippen MR) is 73.9 cm³/mol. The first kappa shape index (κ1) is 12.4. The Bertz CT molecular complexity index is 589. The maximum atomic E-state index is 10.3. The zero-order valence-electron chi connectivity index (χ0n) is 11.2. The van der Waals surface area contributed by atoms with Crippen molar-refractivity contribution >= 4 is 0 Å². The molecule has 0 saturated heterocycles. The SMILES string of the molecule is CC1(C)CC(O)c2cnn(-c3ccccc3)c2[C@H]1N. The summed E-state index contributed by atoms with van der Waals surface area (Å²) in [7, 11) is 0. The van der Waals surface area contributed by atoms with Crippen molar-refractivity contribution in [3.05, 3.63) is 47.8 Å². The van der Waals surface area contributed by atoms with Gasteiger partial charge in [0, 0.05) is 5.56 Å². The highest BCUT2D eigenvalue weighted by Crippen LogP contribution is 2.46. The van der Waals surface area contributed by atoms with Crippen LogP contribution in [0.5, 0.6) is 0 Å².